The second-order valence-electron chi connectivity index (χ2n) is 6.01. The molecule has 0 aromatic heterocycles. The Morgan fingerprint density at radius 1 is 1.45 bits per heavy atom. The highest BCUT2D eigenvalue weighted by molar-refractivity contribution is 5.89. The number of esters is 1. The van der Waals surface area contributed by atoms with Crippen LogP contribution in [-0.2, 0) is 9.53 Å². The van der Waals surface area contributed by atoms with Crippen molar-refractivity contribution in [3.63, 3.8) is 0 Å². The highest BCUT2D eigenvalue weighted by Gasteiger charge is 2.20. The van der Waals surface area contributed by atoms with Gasteiger partial charge in [0.25, 0.3) is 0 Å². The van der Waals surface area contributed by atoms with Gasteiger partial charge in [0.15, 0.2) is 6.29 Å². The van der Waals surface area contributed by atoms with Gasteiger partial charge in [-0.05, 0) is 32.9 Å². The van der Waals surface area contributed by atoms with Crippen LogP contribution in [0.4, 0.5) is 15.8 Å². The van der Waals surface area contributed by atoms with Gasteiger partial charge in [0, 0.05) is 30.4 Å². The van der Waals surface area contributed by atoms with Crippen molar-refractivity contribution in [2.24, 2.45) is 0 Å². The maximum atomic E-state index is 14.0. The van der Waals surface area contributed by atoms with Crippen molar-refractivity contribution in [2.45, 2.75) is 26.4 Å². The maximum Gasteiger partial charge on any atom is 0.335 e. The molecule has 0 aliphatic carbocycles. The SMILES string of the molecule is C=C(CN(C)c1cc(C=O)c(N)cc1F)C(=O)OC(C)(C)C. The van der Waals surface area contributed by atoms with Crippen LogP contribution >= 0.6 is 0 Å². The van der Waals surface area contributed by atoms with Crippen LogP contribution in [0.15, 0.2) is 24.3 Å². The summed E-state index contributed by atoms with van der Waals surface area (Å²) >= 11 is 0. The first kappa shape index (κ1) is 17.7. The Morgan fingerprint density at radius 3 is 2.55 bits per heavy atom. The van der Waals surface area contributed by atoms with E-state index >= 15 is 0 Å². The maximum absolute atomic E-state index is 14.0. The average Bonchev–Trinajstić information content (AvgIpc) is 2.36. The molecule has 2 N–H and O–H groups in total. The monoisotopic (exact) mass is 308 g/mol. The lowest BCUT2D eigenvalue weighted by atomic mass is 10.1. The summed E-state index contributed by atoms with van der Waals surface area (Å²) in [6, 6.07) is 2.41. The van der Waals surface area contributed by atoms with Crippen molar-refractivity contribution in [3.05, 3.63) is 35.7 Å². The van der Waals surface area contributed by atoms with Crippen molar-refractivity contribution in [2.75, 3.05) is 24.2 Å². The molecule has 0 bridgehead atoms. The summed E-state index contributed by atoms with van der Waals surface area (Å²) in [4.78, 5) is 24.2. The molecule has 6 heteroatoms. The smallest absolute Gasteiger partial charge is 0.335 e. The first-order valence-electron chi connectivity index (χ1n) is 6.71. The summed E-state index contributed by atoms with van der Waals surface area (Å²) in [7, 11) is 1.58. The van der Waals surface area contributed by atoms with E-state index in [4.69, 9.17) is 10.5 Å². The summed E-state index contributed by atoms with van der Waals surface area (Å²) in [6.07, 6.45) is 0.550. The highest BCUT2D eigenvalue weighted by Crippen LogP contribution is 2.24. The Labute approximate surface area is 129 Å². The van der Waals surface area contributed by atoms with Crippen molar-refractivity contribution in [3.8, 4) is 0 Å². The van der Waals surface area contributed by atoms with Crippen LogP contribution < -0.4 is 10.6 Å². The van der Waals surface area contributed by atoms with Gasteiger partial charge in [-0.2, -0.15) is 0 Å². The summed E-state index contributed by atoms with van der Waals surface area (Å²) in [5.74, 6) is -1.13. The minimum absolute atomic E-state index is 0.0635. The lowest BCUT2D eigenvalue weighted by molar-refractivity contribution is -0.149. The quantitative estimate of drug-likeness (QED) is 0.392. The molecule has 0 aliphatic rings. The number of hydrogen-bond acceptors (Lipinski definition) is 5. The lowest BCUT2D eigenvalue weighted by Crippen LogP contribution is -2.29. The minimum atomic E-state index is -0.629. The Balaban J connectivity index is 2.89. The first-order valence-corrected chi connectivity index (χ1v) is 6.71. The molecule has 0 radical (unpaired) electrons. The predicted molar refractivity (Wildman–Crippen MR) is 84.5 cm³/mol. The molecule has 0 amide bonds. The number of ether oxygens (including phenoxy) is 1. The van der Waals surface area contributed by atoms with Crippen LogP contribution in [0.25, 0.3) is 0 Å². The minimum Gasteiger partial charge on any atom is -0.457 e. The zero-order valence-electron chi connectivity index (χ0n) is 13.3. The molecule has 0 atom stereocenters. The van der Waals surface area contributed by atoms with E-state index in [2.05, 4.69) is 6.58 Å². The van der Waals surface area contributed by atoms with Crippen LogP contribution in [-0.4, -0.2) is 31.4 Å². The van der Waals surface area contributed by atoms with Crippen LogP contribution in [0.3, 0.4) is 0 Å². The fraction of sp³-hybridized carbons (Fsp3) is 0.375. The van der Waals surface area contributed by atoms with Crippen LogP contribution in [0, 0.1) is 5.82 Å². The normalized spacial score (nSPS) is 11.0. The van der Waals surface area contributed by atoms with Crippen molar-refractivity contribution < 1.29 is 18.7 Å². The van der Waals surface area contributed by atoms with E-state index < -0.39 is 17.4 Å². The second kappa shape index (κ2) is 6.60. The Bertz CT molecular complexity index is 606. The number of halogens is 1. The van der Waals surface area contributed by atoms with E-state index in [1.807, 2.05) is 0 Å². The van der Waals surface area contributed by atoms with E-state index in [0.29, 0.717) is 6.29 Å². The lowest BCUT2D eigenvalue weighted by Gasteiger charge is -2.24. The molecule has 0 spiro atoms. The number of hydrogen-bond donors (Lipinski definition) is 1. The fourth-order valence-corrected chi connectivity index (χ4v) is 1.77. The number of nitrogens with two attached hydrogens (primary N) is 1. The standard InChI is InChI=1S/C16H21FN2O3/c1-10(15(21)22-16(2,3)4)8-19(5)14-6-11(9-20)13(18)7-12(14)17/h6-7,9H,1,8,18H2,2-5H3. The predicted octanol–water partition coefficient (Wildman–Crippen LogP) is 2.55. The molecule has 1 rings (SSSR count). The third kappa shape index (κ3) is 4.58. The summed E-state index contributed by atoms with van der Waals surface area (Å²) in [6.45, 7) is 8.97. The number of carbonyl (C=O) groups excluding carboxylic acids is 2. The summed E-state index contributed by atoms with van der Waals surface area (Å²) in [5, 5.41) is 0. The first-order chi connectivity index (χ1) is 10.0. The van der Waals surface area contributed by atoms with Crippen LogP contribution in [0.2, 0.25) is 0 Å². The molecule has 0 unspecified atom stereocenters. The summed E-state index contributed by atoms with van der Waals surface area (Å²) < 4.78 is 19.2. The van der Waals surface area contributed by atoms with Gasteiger partial charge in [-0.25, -0.2) is 9.18 Å². The van der Waals surface area contributed by atoms with E-state index in [-0.39, 0.29) is 29.1 Å². The van der Waals surface area contributed by atoms with Crippen LogP contribution in [0.1, 0.15) is 31.1 Å². The van der Waals surface area contributed by atoms with Crippen molar-refractivity contribution >= 4 is 23.6 Å². The number of anilines is 2. The molecule has 0 heterocycles. The molecule has 1 aromatic rings. The summed E-state index contributed by atoms with van der Waals surface area (Å²) in [5.41, 5.74) is 5.50. The van der Waals surface area contributed by atoms with Gasteiger partial charge in [-0.15, -0.1) is 0 Å². The number of carbonyl (C=O) groups is 2. The Hall–Kier alpha value is -2.37. The third-order valence-electron chi connectivity index (χ3n) is 2.81. The van der Waals surface area contributed by atoms with Gasteiger partial charge in [0.1, 0.15) is 11.4 Å². The largest absolute Gasteiger partial charge is 0.457 e. The number of nitrogens with zero attached hydrogens (tertiary/aromatic N) is 1. The van der Waals surface area contributed by atoms with E-state index in [1.165, 1.54) is 11.0 Å². The van der Waals surface area contributed by atoms with Gasteiger partial charge >= 0.3 is 5.97 Å². The third-order valence-corrected chi connectivity index (χ3v) is 2.81. The average molecular weight is 308 g/mol. The zero-order valence-corrected chi connectivity index (χ0v) is 13.3. The molecule has 120 valence electrons. The highest BCUT2D eigenvalue weighted by atomic mass is 19.1. The van der Waals surface area contributed by atoms with Gasteiger partial charge in [-0.3, -0.25) is 4.79 Å². The van der Waals surface area contributed by atoms with Gasteiger partial charge < -0.3 is 15.4 Å². The molecule has 0 aliphatic heterocycles. The van der Waals surface area contributed by atoms with Gasteiger partial charge in [-0.1, -0.05) is 6.58 Å². The number of aldehydes is 1. The zero-order chi connectivity index (χ0) is 17.1. The molecule has 0 fully saturated rings. The molecule has 22 heavy (non-hydrogen) atoms. The molecule has 0 saturated carbocycles. The van der Waals surface area contributed by atoms with E-state index in [0.717, 1.165) is 6.07 Å². The Morgan fingerprint density at radius 2 is 2.05 bits per heavy atom. The van der Waals surface area contributed by atoms with Crippen molar-refractivity contribution in [1.82, 2.24) is 0 Å². The number of nitrogen functional groups attached to an aromatic ring is 1. The number of benzene rings is 1. The Kier molecular flexibility index (Phi) is 5.30. The van der Waals surface area contributed by atoms with E-state index in [1.54, 1.807) is 27.8 Å². The van der Waals surface area contributed by atoms with Gasteiger partial charge in [0.05, 0.1) is 5.69 Å². The second-order valence-corrected chi connectivity index (χ2v) is 6.01. The van der Waals surface area contributed by atoms with Gasteiger partial charge in [0.2, 0.25) is 0 Å². The van der Waals surface area contributed by atoms with E-state index in [9.17, 15) is 14.0 Å². The number of rotatable bonds is 5. The molecular formula is C16H21FN2O3. The molecule has 0 saturated heterocycles. The molecular weight excluding hydrogens is 287 g/mol. The molecule has 1 aromatic carbocycles. The molecule has 5 nitrogen and oxygen atoms in total. The number of likely N-dealkylation sites (N-methyl/N-ethyl adjacent to an activating group) is 1. The fourth-order valence-electron chi connectivity index (χ4n) is 1.77. The van der Waals surface area contributed by atoms with Crippen LogP contribution in [0.5, 0.6) is 0 Å². The van der Waals surface area contributed by atoms with Crippen molar-refractivity contribution in [1.29, 1.82) is 0 Å². The topological polar surface area (TPSA) is 72.6 Å².